The second kappa shape index (κ2) is 6.13. The van der Waals surface area contributed by atoms with Crippen LogP contribution < -0.4 is 0 Å². The van der Waals surface area contributed by atoms with Gasteiger partial charge in [0.05, 0.1) is 10.5 Å². The molecule has 1 saturated heterocycles. The Hall–Kier alpha value is -1.43. The molecular weight excluding hydrogens is 336 g/mol. The fourth-order valence-corrected chi connectivity index (χ4v) is 3.54. The van der Waals surface area contributed by atoms with Crippen LogP contribution in [0.25, 0.3) is 0 Å². The fourth-order valence-electron chi connectivity index (χ4n) is 2.96. The first-order valence-electron chi connectivity index (χ1n) is 7.06. The lowest BCUT2D eigenvalue weighted by Crippen LogP contribution is -2.48. The highest BCUT2D eigenvalue weighted by molar-refractivity contribution is 9.10. The Kier molecular flexibility index (Phi) is 4.66. The van der Waals surface area contributed by atoms with Crippen molar-refractivity contribution < 1.29 is 9.72 Å². The first kappa shape index (κ1) is 15.9. The van der Waals surface area contributed by atoms with Gasteiger partial charge in [-0.05, 0) is 47.2 Å². The van der Waals surface area contributed by atoms with Crippen molar-refractivity contribution in [2.24, 2.45) is 11.8 Å². The lowest BCUT2D eigenvalue weighted by Gasteiger charge is -2.41. The number of nitrogens with zero attached hydrogens (tertiary/aromatic N) is 2. The molecule has 0 spiro atoms. The van der Waals surface area contributed by atoms with Gasteiger partial charge in [0, 0.05) is 18.7 Å². The number of hydrogen-bond acceptors (Lipinski definition) is 3. The molecule has 1 aliphatic heterocycles. The van der Waals surface area contributed by atoms with E-state index in [1.807, 2.05) is 11.8 Å². The molecule has 0 saturated carbocycles. The zero-order chi connectivity index (χ0) is 15.7. The molecule has 114 valence electrons. The second-order valence-corrected chi connectivity index (χ2v) is 6.71. The molecule has 1 heterocycles. The van der Waals surface area contributed by atoms with Crippen LogP contribution in [0.4, 0.5) is 5.69 Å². The number of halogens is 1. The van der Waals surface area contributed by atoms with Gasteiger partial charge >= 0.3 is 0 Å². The number of nitro groups is 1. The van der Waals surface area contributed by atoms with Crippen molar-refractivity contribution in [3.8, 4) is 0 Å². The minimum absolute atomic E-state index is 0.0772. The SMILES string of the molecule is CC1CC(C)C(C)N(C(=O)c2cccc([N+](=O)[O-])c2Br)C1. The topological polar surface area (TPSA) is 63.5 Å². The Balaban J connectivity index is 2.36. The maximum Gasteiger partial charge on any atom is 0.284 e. The van der Waals surface area contributed by atoms with E-state index < -0.39 is 4.92 Å². The van der Waals surface area contributed by atoms with E-state index in [9.17, 15) is 14.9 Å². The number of carbonyl (C=O) groups is 1. The van der Waals surface area contributed by atoms with E-state index in [0.29, 0.717) is 23.9 Å². The minimum Gasteiger partial charge on any atom is -0.335 e. The molecule has 0 aliphatic carbocycles. The van der Waals surface area contributed by atoms with Crippen molar-refractivity contribution in [3.63, 3.8) is 0 Å². The molecule has 1 aromatic carbocycles. The highest BCUT2D eigenvalue weighted by Crippen LogP contribution is 2.32. The molecule has 0 radical (unpaired) electrons. The molecule has 6 heteroatoms. The number of carbonyl (C=O) groups excluding carboxylic acids is 1. The molecular formula is C15H19BrN2O3. The van der Waals surface area contributed by atoms with Gasteiger partial charge in [-0.25, -0.2) is 0 Å². The van der Waals surface area contributed by atoms with Crippen LogP contribution in [0.5, 0.6) is 0 Å². The Morgan fingerprint density at radius 3 is 2.67 bits per heavy atom. The van der Waals surface area contributed by atoms with Gasteiger partial charge in [-0.1, -0.05) is 19.9 Å². The van der Waals surface area contributed by atoms with Gasteiger partial charge in [0.1, 0.15) is 4.47 Å². The Bertz CT molecular complexity index is 576. The Morgan fingerprint density at radius 1 is 1.38 bits per heavy atom. The summed E-state index contributed by atoms with van der Waals surface area (Å²) in [7, 11) is 0. The van der Waals surface area contributed by atoms with Crippen molar-refractivity contribution in [2.45, 2.75) is 33.2 Å². The molecule has 2 rings (SSSR count). The van der Waals surface area contributed by atoms with E-state index in [1.165, 1.54) is 6.07 Å². The van der Waals surface area contributed by atoms with E-state index in [-0.39, 0.29) is 22.1 Å². The van der Waals surface area contributed by atoms with Gasteiger partial charge in [-0.3, -0.25) is 14.9 Å². The molecule has 3 atom stereocenters. The third kappa shape index (κ3) is 3.10. The van der Waals surface area contributed by atoms with Crippen LogP contribution >= 0.6 is 15.9 Å². The Morgan fingerprint density at radius 2 is 2.05 bits per heavy atom. The zero-order valence-electron chi connectivity index (χ0n) is 12.4. The molecule has 1 fully saturated rings. The molecule has 1 aliphatic rings. The average molecular weight is 355 g/mol. The smallest absolute Gasteiger partial charge is 0.284 e. The molecule has 0 bridgehead atoms. The van der Waals surface area contributed by atoms with E-state index >= 15 is 0 Å². The van der Waals surface area contributed by atoms with E-state index in [1.54, 1.807) is 12.1 Å². The standard InChI is InChI=1S/C15H19BrN2O3/c1-9-7-10(2)11(3)17(8-9)15(19)12-5-4-6-13(14(12)16)18(20)21/h4-6,9-11H,7-8H2,1-3H3. The zero-order valence-corrected chi connectivity index (χ0v) is 14.0. The summed E-state index contributed by atoms with van der Waals surface area (Å²) in [5.41, 5.74) is 0.281. The lowest BCUT2D eigenvalue weighted by atomic mass is 9.85. The first-order chi connectivity index (χ1) is 9.82. The fraction of sp³-hybridized carbons (Fsp3) is 0.533. The van der Waals surface area contributed by atoms with Gasteiger partial charge < -0.3 is 4.90 Å². The molecule has 5 nitrogen and oxygen atoms in total. The van der Waals surface area contributed by atoms with Crippen LogP contribution in [0.15, 0.2) is 22.7 Å². The molecule has 1 aromatic rings. The summed E-state index contributed by atoms with van der Waals surface area (Å²) in [5.74, 6) is 0.726. The number of likely N-dealkylation sites (tertiary alicyclic amines) is 1. The van der Waals surface area contributed by atoms with Crippen molar-refractivity contribution >= 4 is 27.5 Å². The highest BCUT2D eigenvalue weighted by Gasteiger charge is 2.33. The number of piperidine rings is 1. The monoisotopic (exact) mass is 354 g/mol. The number of hydrogen-bond donors (Lipinski definition) is 0. The number of rotatable bonds is 2. The van der Waals surface area contributed by atoms with Gasteiger partial charge in [0.15, 0.2) is 0 Å². The van der Waals surface area contributed by atoms with Gasteiger partial charge in [0.25, 0.3) is 11.6 Å². The predicted octanol–water partition coefficient (Wildman–Crippen LogP) is 3.86. The first-order valence-corrected chi connectivity index (χ1v) is 7.86. The maximum atomic E-state index is 12.8. The van der Waals surface area contributed by atoms with Crippen molar-refractivity contribution in [2.75, 3.05) is 6.54 Å². The lowest BCUT2D eigenvalue weighted by molar-refractivity contribution is -0.385. The van der Waals surface area contributed by atoms with E-state index in [0.717, 1.165) is 6.42 Å². The van der Waals surface area contributed by atoms with Crippen LogP contribution in [0.2, 0.25) is 0 Å². The van der Waals surface area contributed by atoms with Gasteiger partial charge in [-0.2, -0.15) is 0 Å². The Labute approximate surface area is 132 Å². The summed E-state index contributed by atoms with van der Waals surface area (Å²) in [5, 5.41) is 11.0. The summed E-state index contributed by atoms with van der Waals surface area (Å²) in [6.45, 7) is 7.01. The summed E-state index contributed by atoms with van der Waals surface area (Å²) in [4.78, 5) is 25.1. The third-order valence-corrected chi connectivity index (χ3v) is 5.10. The maximum absolute atomic E-state index is 12.8. The van der Waals surface area contributed by atoms with Crippen molar-refractivity contribution in [1.29, 1.82) is 0 Å². The van der Waals surface area contributed by atoms with Crippen LogP contribution in [-0.2, 0) is 0 Å². The average Bonchev–Trinajstić information content (AvgIpc) is 2.42. The number of benzene rings is 1. The normalized spacial score (nSPS) is 25.7. The van der Waals surface area contributed by atoms with E-state index in [2.05, 4.69) is 29.8 Å². The summed E-state index contributed by atoms with van der Waals surface area (Å²) in [6, 6.07) is 4.72. The summed E-state index contributed by atoms with van der Waals surface area (Å²) >= 11 is 3.21. The van der Waals surface area contributed by atoms with Crippen LogP contribution in [0.1, 0.15) is 37.6 Å². The largest absolute Gasteiger partial charge is 0.335 e. The number of nitro benzene ring substituents is 1. The molecule has 0 N–H and O–H groups in total. The minimum atomic E-state index is -0.480. The number of amides is 1. The summed E-state index contributed by atoms with van der Waals surface area (Å²) in [6.07, 6.45) is 1.10. The van der Waals surface area contributed by atoms with Gasteiger partial charge in [-0.15, -0.1) is 0 Å². The molecule has 21 heavy (non-hydrogen) atoms. The summed E-state index contributed by atoms with van der Waals surface area (Å²) < 4.78 is 0.262. The third-order valence-electron chi connectivity index (χ3n) is 4.26. The van der Waals surface area contributed by atoms with Crippen LogP contribution in [0.3, 0.4) is 0 Å². The second-order valence-electron chi connectivity index (χ2n) is 5.91. The molecule has 1 amide bonds. The molecule has 0 aromatic heterocycles. The van der Waals surface area contributed by atoms with Crippen LogP contribution in [-0.4, -0.2) is 28.3 Å². The van der Waals surface area contributed by atoms with Crippen LogP contribution in [0, 0.1) is 22.0 Å². The predicted molar refractivity (Wildman–Crippen MR) is 84.2 cm³/mol. The molecule has 3 unspecified atom stereocenters. The quantitative estimate of drug-likeness (QED) is 0.598. The van der Waals surface area contributed by atoms with Gasteiger partial charge in [0.2, 0.25) is 0 Å². The van der Waals surface area contributed by atoms with Crippen molar-refractivity contribution in [3.05, 3.63) is 38.3 Å². The van der Waals surface area contributed by atoms with E-state index in [4.69, 9.17) is 0 Å². The van der Waals surface area contributed by atoms with Crippen molar-refractivity contribution in [1.82, 2.24) is 4.90 Å². The highest BCUT2D eigenvalue weighted by atomic mass is 79.9.